The molecule has 0 aliphatic heterocycles. The van der Waals surface area contributed by atoms with E-state index in [1.54, 1.807) is 0 Å². The van der Waals surface area contributed by atoms with Crippen LogP contribution in [-0.4, -0.2) is 41.2 Å². The molecule has 0 bridgehead atoms. The van der Waals surface area contributed by atoms with Crippen LogP contribution in [0.1, 0.15) is 0 Å². The third kappa shape index (κ3) is 1.92. The first kappa shape index (κ1) is 12.8. The number of phenols is 1. The van der Waals surface area contributed by atoms with Crippen LogP contribution in [0.15, 0.2) is 22.1 Å². The van der Waals surface area contributed by atoms with Crippen molar-refractivity contribution in [3.63, 3.8) is 0 Å². The maximum Gasteiger partial charge on any atom is 0.300 e. The summed E-state index contributed by atoms with van der Waals surface area (Å²) in [5.41, 5.74) is -0.276. The summed E-state index contributed by atoms with van der Waals surface area (Å²) in [6, 6.07) is 0.818. The molecule has 2 rings (SSSR count). The number of hydrogen-bond acceptors (Lipinski definition) is 6. The topological polar surface area (TPSA) is 158 Å². The third-order valence-electron chi connectivity index (χ3n) is 2.17. The molecule has 0 fully saturated rings. The number of hydrogen-bond donors (Lipinski definition) is 4. The van der Waals surface area contributed by atoms with E-state index in [9.17, 15) is 21.9 Å². The predicted molar refractivity (Wildman–Crippen MR) is 57.4 cm³/mol. The van der Waals surface area contributed by atoms with Gasteiger partial charge in [-0.15, -0.1) is 0 Å². The largest absolute Gasteiger partial charge is 0.505 e. The summed E-state index contributed by atoms with van der Waals surface area (Å²) in [6.07, 6.45) is 1.07. The molecule has 18 heavy (non-hydrogen) atoms. The zero-order valence-corrected chi connectivity index (χ0v) is 10.0. The Bertz CT molecular complexity index is 834. The second-order valence-corrected chi connectivity index (χ2v) is 6.09. The Labute approximate surface area is 101 Å². The van der Waals surface area contributed by atoms with Gasteiger partial charge in [-0.1, -0.05) is 0 Å². The number of phenolic OH excluding ortho intramolecular Hbond substituents is 1. The van der Waals surface area contributed by atoms with Crippen molar-refractivity contribution in [2.75, 3.05) is 0 Å². The van der Waals surface area contributed by atoms with Crippen molar-refractivity contribution in [2.24, 2.45) is 0 Å². The summed E-state index contributed by atoms with van der Waals surface area (Å²) in [6.45, 7) is 0. The van der Waals surface area contributed by atoms with E-state index < -0.39 is 35.8 Å². The van der Waals surface area contributed by atoms with Crippen LogP contribution in [0.4, 0.5) is 0 Å². The Hall–Kier alpha value is -1.69. The smallest absolute Gasteiger partial charge is 0.300 e. The molecule has 0 aliphatic rings. The van der Waals surface area contributed by atoms with Crippen molar-refractivity contribution in [1.82, 2.24) is 10.2 Å². The molecular formula is C7H6N2O7S2. The van der Waals surface area contributed by atoms with E-state index in [1.165, 1.54) is 0 Å². The molecule has 0 atom stereocenters. The van der Waals surface area contributed by atoms with Gasteiger partial charge in [0.1, 0.15) is 4.90 Å². The number of nitrogens with zero attached hydrogens (tertiary/aromatic N) is 1. The van der Waals surface area contributed by atoms with Crippen LogP contribution in [0.3, 0.4) is 0 Å². The number of nitrogens with one attached hydrogen (secondary N) is 1. The highest BCUT2D eigenvalue weighted by Gasteiger charge is 2.28. The molecule has 1 aromatic heterocycles. The summed E-state index contributed by atoms with van der Waals surface area (Å²) in [7, 11) is -9.76. The Morgan fingerprint density at radius 2 is 1.72 bits per heavy atom. The van der Waals surface area contributed by atoms with Crippen LogP contribution >= 0.6 is 0 Å². The van der Waals surface area contributed by atoms with Crippen LogP contribution in [0.5, 0.6) is 5.75 Å². The molecule has 0 saturated carbocycles. The average molecular weight is 294 g/mol. The molecule has 0 spiro atoms. The normalized spacial score (nSPS) is 13.0. The number of aromatic hydroxyl groups is 1. The SMILES string of the molecule is O=S(=O)(O)c1cc2cn[nH]c2c(S(=O)(=O)O)c1O. The van der Waals surface area contributed by atoms with Crippen molar-refractivity contribution >= 4 is 31.1 Å². The fourth-order valence-corrected chi connectivity index (χ4v) is 2.94. The van der Waals surface area contributed by atoms with Crippen molar-refractivity contribution in [3.8, 4) is 5.75 Å². The number of fused-ring (bicyclic) bond motifs is 1. The van der Waals surface area contributed by atoms with Crippen molar-refractivity contribution in [2.45, 2.75) is 9.79 Å². The van der Waals surface area contributed by atoms with Crippen molar-refractivity contribution in [1.29, 1.82) is 0 Å². The van der Waals surface area contributed by atoms with Gasteiger partial charge in [0, 0.05) is 5.39 Å². The molecule has 9 nitrogen and oxygen atoms in total. The maximum atomic E-state index is 11.1. The van der Waals surface area contributed by atoms with Gasteiger partial charge < -0.3 is 5.11 Å². The summed E-state index contributed by atoms with van der Waals surface area (Å²) in [5, 5.41) is 15.2. The Morgan fingerprint density at radius 3 is 2.22 bits per heavy atom. The molecule has 0 radical (unpaired) electrons. The number of H-pyrrole nitrogens is 1. The van der Waals surface area contributed by atoms with Gasteiger partial charge in [-0.05, 0) is 6.07 Å². The molecule has 1 heterocycles. The molecule has 0 amide bonds. The van der Waals surface area contributed by atoms with E-state index in [0.29, 0.717) is 0 Å². The van der Waals surface area contributed by atoms with Gasteiger partial charge >= 0.3 is 0 Å². The molecule has 0 saturated heterocycles. The summed E-state index contributed by atoms with van der Waals surface area (Å²) < 4.78 is 62.0. The molecular weight excluding hydrogens is 288 g/mol. The molecule has 1 aromatic carbocycles. The average Bonchev–Trinajstić information content (AvgIpc) is 2.59. The lowest BCUT2D eigenvalue weighted by Gasteiger charge is -2.06. The van der Waals surface area contributed by atoms with Crippen molar-refractivity contribution in [3.05, 3.63) is 12.3 Å². The van der Waals surface area contributed by atoms with Crippen LogP contribution < -0.4 is 0 Å². The highest BCUT2D eigenvalue weighted by molar-refractivity contribution is 7.87. The summed E-state index contributed by atoms with van der Waals surface area (Å²) in [5.74, 6) is -1.28. The van der Waals surface area contributed by atoms with E-state index in [0.717, 1.165) is 12.3 Å². The number of aromatic nitrogens is 2. The first-order valence-electron chi connectivity index (χ1n) is 4.26. The lowest BCUT2D eigenvalue weighted by molar-refractivity contribution is 0.425. The van der Waals surface area contributed by atoms with Crippen LogP contribution in [0.25, 0.3) is 10.9 Å². The Kier molecular flexibility index (Phi) is 2.59. The van der Waals surface area contributed by atoms with Gasteiger partial charge in [-0.2, -0.15) is 21.9 Å². The fourth-order valence-electron chi connectivity index (χ4n) is 1.47. The Morgan fingerprint density at radius 1 is 1.11 bits per heavy atom. The first-order chi connectivity index (χ1) is 8.12. The van der Waals surface area contributed by atoms with Gasteiger partial charge in [0.15, 0.2) is 10.6 Å². The minimum Gasteiger partial charge on any atom is -0.505 e. The summed E-state index contributed by atoms with van der Waals surface area (Å²) >= 11 is 0. The predicted octanol–water partition coefficient (Wildman–Crippen LogP) is -0.238. The molecule has 11 heteroatoms. The maximum absolute atomic E-state index is 11.1. The lowest BCUT2D eigenvalue weighted by Crippen LogP contribution is -2.05. The minimum absolute atomic E-state index is 0.0203. The molecule has 2 aromatic rings. The van der Waals surface area contributed by atoms with Gasteiger partial charge in [0.2, 0.25) is 0 Å². The van der Waals surface area contributed by atoms with E-state index in [4.69, 9.17) is 9.11 Å². The molecule has 0 unspecified atom stereocenters. The second-order valence-electron chi connectivity index (χ2n) is 3.34. The van der Waals surface area contributed by atoms with E-state index in [1.807, 2.05) is 0 Å². The van der Waals surface area contributed by atoms with Crippen molar-refractivity contribution < 1.29 is 31.0 Å². The number of benzene rings is 1. The number of aromatic amines is 1. The second kappa shape index (κ2) is 3.65. The van der Waals surface area contributed by atoms with Gasteiger partial charge in [0.25, 0.3) is 20.2 Å². The zero-order valence-electron chi connectivity index (χ0n) is 8.39. The monoisotopic (exact) mass is 294 g/mol. The van der Waals surface area contributed by atoms with Crippen LogP contribution in [0, 0.1) is 0 Å². The molecule has 98 valence electrons. The van der Waals surface area contributed by atoms with E-state index in [-0.39, 0.29) is 10.9 Å². The standard InChI is InChI=1S/C7H6N2O7S2/c10-6-4(17(11,12)13)1-3-2-8-9-5(3)7(6)18(14,15)16/h1-2,10H,(H,8,9)(H,11,12,13)(H,14,15,16). The number of rotatable bonds is 2. The minimum atomic E-state index is -4.91. The van der Waals surface area contributed by atoms with E-state index in [2.05, 4.69) is 10.2 Å². The molecule has 0 aliphatic carbocycles. The van der Waals surface area contributed by atoms with E-state index >= 15 is 0 Å². The highest BCUT2D eigenvalue weighted by Crippen LogP contribution is 2.35. The van der Waals surface area contributed by atoms with Crippen LogP contribution in [0.2, 0.25) is 0 Å². The molecule has 4 N–H and O–H groups in total. The first-order valence-corrected chi connectivity index (χ1v) is 7.14. The fraction of sp³-hybridized carbons (Fsp3) is 0. The third-order valence-corrected chi connectivity index (χ3v) is 3.95. The van der Waals surface area contributed by atoms with Gasteiger partial charge in [-0.25, -0.2) is 0 Å². The van der Waals surface area contributed by atoms with Gasteiger partial charge in [0.05, 0.1) is 11.7 Å². The Balaban J connectivity index is 3.09. The van der Waals surface area contributed by atoms with Crippen LogP contribution in [-0.2, 0) is 20.2 Å². The summed E-state index contributed by atoms with van der Waals surface area (Å²) in [4.78, 5) is -2.10. The quantitative estimate of drug-likeness (QED) is 0.552. The highest BCUT2D eigenvalue weighted by atomic mass is 32.2. The zero-order chi connectivity index (χ0) is 13.7. The van der Waals surface area contributed by atoms with Gasteiger partial charge in [-0.3, -0.25) is 14.2 Å². The lowest BCUT2D eigenvalue weighted by atomic mass is 10.2.